The Bertz CT molecular complexity index is 816. The molecule has 24 heavy (non-hydrogen) atoms. The number of carboxylic acid groups (broad SMARTS) is 1. The minimum absolute atomic E-state index is 0.0608. The van der Waals surface area contributed by atoms with E-state index in [0.717, 1.165) is 17.3 Å². The molecule has 0 saturated carbocycles. The number of hydrogen-bond acceptors (Lipinski definition) is 4. The van der Waals surface area contributed by atoms with Crippen molar-refractivity contribution >= 4 is 35.2 Å². The van der Waals surface area contributed by atoms with Crippen molar-refractivity contribution in [2.75, 3.05) is 4.90 Å². The highest BCUT2D eigenvalue weighted by molar-refractivity contribution is 8.00. The second-order valence-electron chi connectivity index (χ2n) is 5.51. The van der Waals surface area contributed by atoms with Crippen LogP contribution in [0.4, 0.5) is 5.69 Å². The highest BCUT2D eigenvalue weighted by Gasteiger charge is 2.40. The van der Waals surface area contributed by atoms with E-state index in [0.29, 0.717) is 10.6 Å². The third-order valence-corrected chi connectivity index (χ3v) is 5.05. The van der Waals surface area contributed by atoms with Gasteiger partial charge in [-0.2, -0.15) is 0 Å². The molecule has 1 aliphatic rings. The summed E-state index contributed by atoms with van der Waals surface area (Å²) in [4.78, 5) is 37.8. The number of carbonyl (C=O) groups excluding carboxylic acids is 2. The SMILES string of the molecule is Cc1ccc(N2C(=O)C[C@@H](Sc3ccccc3C(=O)O)C2=O)cc1. The number of carbonyl (C=O) groups is 3. The van der Waals surface area contributed by atoms with Gasteiger partial charge in [0.25, 0.3) is 0 Å². The van der Waals surface area contributed by atoms with Crippen molar-refractivity contribution in [1.29, 1.82) is 0 Å². The van der Waals surface area contributed by atoms with Gasteiger partial charge < -0.3 is 5.11 Å². The summed E-state index contributed by atoms with van der Waals surface area (Å²) in [5, 5.41) is 8.63. The van der Waals surface area contributed by atoms with Gasteiger partial charge in [-0.3, -0.25) is 9.59 Å². The van der Waals surface area contributed by atoms with Crippen LogP contribution in [0.1, 0.15) is 22.3 Å². The molecule has 0 aromatic heterocycles. The predicted molar refractivity (Wildman–Crippen MR) is 91.3 cm³/mol. The van der Waals surface area contributed by atoms with Gasteiger partial charge in [0.2, 0.25) is 11.8 Å². The van der Waals surface area contributed by atoms with E-state index in [1.165, 1.54) is 11.0 Å². The molecule has 0 bridgehead atoms. The van der Waals surface area contributed by atoms with Gasteiger partial charge >= 0.3 is 5.97 Å². The lowest BCUT2D eigenvalue weighted by Crippen LogP contribution is -2.31. The Morgan fingerprint density at radius 2 is 1.79 bits per heavy atom. The largest absolute Gasteiger partial charge is 0.478 e. The van der Waals surface area contributed by atoms with Crippen LogP contribution in [0.15, 0.2) is 53.4 Å². The van der Waals surface area contributed by atoms with Gasteiger partial charge in [-0.15, -0.1) is 11.8 Å². The highest BCUT2D eigenvalue weighted by Crippen LogP contribution is 2.35. The van der Waals surface area contributed by atoms with Crippen LogP contribution in [0.3, 0.4) is 0 Å². The number of anilines is 1. The topological polar surface area (TPSA) is 74.7 Å². The fourth-order valence-electron chi connectivity index (χ4n) is 2.56. The van der Waals surface area contributed by atoms with Gasteiger partial charge in [0.1, 0.15) is 0 Å². The molecule has 1 heterocycles. The second kappa shape index (κ2) is 6.49. The van der Waals surface area contributed by atoms with Crippen molar-refractivity contribution in [3.63, 3.8) is 0 Å². The minimum Gasteiger partial charge on any atom is -0.478 e. The van der Waals surface area contributed by atoms with Crippen molar-refractivity contribution in [2.45, 2.75) is 23.5 Å². The van der Waals surface area contributed by atoms with E-state index in [1.807, 2.05) is 19.1 Å². The molecule has 0 aliphatic carbocycles. The number of benzene rings is 2. The molecule has 0 spiro atoms. The summed E-state index contributed by atoms with van der Waals surface area (Å²) in [5.41, 5.74) is 1.72. The van der Waals surface area contributed by atoms with Crippen LogP contribution in [-0.4, -0.2) is 28.1 Å². The van der Waals surface area contributed by atoms with E-state index in [2.05, 4.69) is 0 Å². The maximum absolute atomic E-state index is 12.6. The molecule has 2 aromatic rings. The number of aromatic carboxylic acids is 1. The standard InChI is InChI=1S/C18H15NO4S/c1-11-6-8-12(9-7-11)19-16(20)10-15(17(19)21)24-14-5-3-2-4-13(14)18(22)23/h2-9,15H,10H2,1H3,(H,22,23)/t15-/m1/s1. The Morgan fingerprint density at radius 3 is 2.46 bits per heavy atom. The second-order valence-corrected chi connectivity index (χ2v) is 6.76. The lowest BCUT2D eigenvalue weighted by Gasteiger charge is -2.15. The van der Waals surface area contributed by atoms with Gasteiger partial charge in [-0.1, -0.05) is 29.8 Å². The first-order valence-electron chi connectivity index (χ1n) is 7.40. The first kappa shape index (κ1) is 16.3. The Hall–Kier alpha value is -2.60. The third kappa shape index (κ3) is 3.05. The van der Waals surface area contributed by atoms with Gasteiger partial charge in [-0.25, -0.2) is 9.69 Å². The smallest absolute Gasteiger partial charge is 0.336 e. The Morgan fingerprint density at radius 1 is 1.12 bits per heavy atom. The summed E-state index contributed by atoms with van der Waals surface area (Å²) < 4.78 is 0. The Labute approximate surface area is 143 Å². The first-order valence-corrected chi connectivity index (χ1v) is 8.28. The number of aryl methyl sites for hydroxylation is 1. The number of carboxylic acids is 1. The molecule has 6 heteroatoms. The quantitative estimate of drug-likeness (QED) is 0.865. The van der Waals surface area contributed by atoms with E-state index in [4.69, 9.17) is 0 Å². The van der Waals surface area contributed by atoms with Crippen LogP contribution in [0.5, 0.6) is 0 Å². The van der Waals surface area contributed by atoms with Crippen LogP contribution in [0.25, 0.3) is 0 Å². The molecule has 1 N–H and O–H groups in total. The summed E-state index contributed by atoms with van der Waals surface area (Å²) in [6.07, 6.45) is 0.0608. The van der Waals surface area contributed by atoms with Gasteiger partial charge in [0.15, 0.2) is 0 Å². The van der Waals surface area contributed by atoms with Crippen LogP contribution in [0.2, 0.25) is 0 Å². The fourth-order valence-corrected chi connectivity index (χ4v) is 3.74. The zero-order valence-corrected chi connectivity index (χ0v) is 13.7. The summed E-state index contributed by atoms with van der Waals surface area (Å²) >= 11 is 1.13. The number of rotatable bonds is 4. The number of imide groups is 1. The van der Waals surface area contributed by atoms with E-state index in [1.54, 1.807) is 30.3 Å². The maximum Gasteiger partial charge on any atom is 0.336 e. The molecule has 1 aliphatic heterocycles. The molecule has 1 atom stereocenters. The molecule has 1 saturated heterocycles. The number of thioether (sulfide) groups is 1. The average Bonchev–Trinajstić information content (AvgIpc) is 2.83. The van der Waals surface area contributed by atoms with Gasteiger partial charge in [-0.05, 0) is 31.2 Å². The van der Waals surface area contributed by atoms with Crippen molar-refractivity contribution in [1.82, 2.24) is 0 Å². The molecule has 3 rings (SSSR count). The fraction of sp³-hybridized carbons (Fsp3) is 0.167. The molecule has 0 unspecified atom stereocenters. The zero-order valence-electron chi connectivity index (χ0n) is 12.9. The summed E-state index contributed by atoms with van der Waals surface area (Å²) in [5.74, 6) is -1.63. The molecular formula is C18H15NO4S. The van der Waals surface area contributed by atoms with E-state index in [-0.39, 0.29) is 23.8 Å². The van der Waals surface area contributed by atoms with Crippen molar-refractivity contribution < 1.29 is 19.5 Å². The van der Waals surface area contributed by atoms with Crippen molar-refractivity contribution in [3.8, 4) is 0 Å². The number of nitrogens with zero attached hydrogens (tertiary/aromatic N) is 1. The molecule has 0 radical (unpaired) electrons. The zero-order chi connectivity index (χ0) is 17.3. The molecule has 2 amide bonds. The monoisotopic (exact) mass is 341 g/mol. The van der Waals surface area contributed by atoms with Gasteiger partial charge in [0.05, 0.1) is 16.5 Å². The number of hydrogen-bond donors (Lipinski definition) is 1. The van der Waals surface area contributed by atoms with Crippen LogP contribution >= 0.6 is 11.8 Å². The normalized spacial score (nSPS) is 17.4. The van der Waals surface area contributed by atoms with Crippen LogP contribution < -0.4 is 4.90 Å². The predicted octanol–water partition coefficient (Wildman–Crippen LogP) is 3.12. The Kier molecular flexibility index (Phi) is 4.40. The molecule has 5 nitrogen and oxygen atoms in total. The van der Waals surface area contributed by atoms with Crippen LogP contribution in [0, 0.1) is 6.92 Å². The van der Waals surface area contributed by atoms with E-state index < -0.39 is 11.2 Å². The Balaban J connectivity index is 1.85. The third-order valence-electron chi connectivity index (χ3n) is 3.78. The minimum atomic E-state index is -1.05. The highest BCUT2D eigenvalue weighted by atomic mass is 32.2. The average molecular weight is 341 g/mol. The van der Waals surface area contributed by atoms with Crippen molar-refractivity contribution in [3.05, 3.63) is 59.7 Å². The molecule has 122 valence electrons. The summed E-state index contributed by atoms with van der Waals surface area (Å²) in [6.45, 7) is 1.93. The summed E-state index contributed by atoms with van der Waals surface area (Å²) in [7, 11) is 0. The maximum atomic E-state index is 12.6. The number of amides is 2. The molecule has 1 fully saturated rings. The van der Waals surface area contributed by atoms with Crippen LogP contribution in [-0.2, 0) is 9.59 Å². The van der Waals surface area contributed by atoms with E-state index >= 15 is 0 Å². The van der Waals surface area contributed by atoms with Crippen molar-refractivity contribution in [2.24, 2.45) is 0 Å². The molecule has 2 aromatic carbocycles. The van der Waals surface area contributed by atoms with Gasteiger partial charge in [0, 0.05) is 11.3 Å². The summed E-state index contributed by atoms with van der Waals surface area (Å²) in [6, 6.07) is 13.7. The lowest BCUT2D eigenvalue weighted by atomic mass is 10.2. The lowest BCUT2D eigenvalue weighted by molar-refractivity contribution is -0.121. The molecular weight excluding hydrogens is 326 g/mol. The van der Waals surface area contributed by atoms with E-state index in [9.17, 15) is 19.5 Å². The first-order chi connectivity index (χ1) is 11.5.